The summed E-state index contributed by atoms with van der Waals surface area (Å²) in [5.74, 6) is 0.254. The third kappa shape index (κ3) is 6.94. The second kappa shape index (κ2) is 10.6. The van der Waals surface area contributed by atoms with Crippen molar-refractivity contribution in [3.05, 3.63) is 41.2 Å². The summed E-state index contributed by atoms with van der Waals surface area (Å²) < 4.78 is 12.0. The predicted molar refractivity (Wildman–Crippen MR) is 124 cm³/mol. The van der Waals surface area contributed by atoms with Crippen LogP contribution in [0.5, 0.6) is 0 Å². The maximum absolute atomic E-state index is 11.9. The molecule has 2 rings (SSSR count). The van der Waals surface area contributed by atoms with E-state index >= 15 is 0 Å². The highest BCUT2D eigenvalue weighted by atomic mass is 28.4. The maximum Gasteiger partial charge on any atom is 0.306 e. The Bertz CT molecular complexity index is 734. The van der Waals surface area contributed by atoms with Gasteiger partial charge in [0.2, 0.25) is 0 Å². The van der Waals surface area contributed by atoms with Gasteiger partial charge >= 0.3 is 5.97 Å². The van der Waals surface area contributed by atoms with E-state index in [1.807, 2.05) is 31.2 Å². The van der Waals surface area contributed by atoms with Gasteiger partial charge in [0.05, 0.1) is 19.3 Å². The van der Waals surface area contributed by atoms with Crippen molar-refractivity contribution in [3.63, 3.8) is 0 Å². The van der Waals surface area contributed by atoms with Gasteiger partial charge in [0.15, 0.2) is 14.0 Å². The van der Waals surface area contributed by atoms with Crippen molar-refractivity contribution in [2.24, 2.45) is 5.92 Å². The van der Waals surface area contributed by atoms with Crippen LogP contribution in [-0.4, -0.2) is 45.4 Å². The molecule has 1 aromatic rings. The van der Waals surface area contributed by atoms with Crippen LogP contribution in [0.2, 0.25) is 18.1 Å². The molecular formula is C24H38N2O3Si. The van der Waals surface area contributed by atoms with E-state index in [1.54, 1.807) is 0 Å². The second-order valence-corrected chi connectivity index (χ2v) is 14.6. The van der Waals surface area contributed by atoms with Crippen LogP contribution in [0.25, 0.3) is 4.85 Å². The van der Waals surface area contributed by atoms with Crippen molar-refractivity contribution >= 4 is 20.0 Å². The lowest BCUT2D eigenvalue weighted by molar-refractivity contribution is -0.144. The molecule has 0 saturated carbocycles. The minimum Gasteiger partial charge on any atom is -0.466 e. The summed E-state index contributed by atoms with van der Waals surface area (Å²) in [4.78, 5) is 17.9. The van der Waals surface area contributed by atoms with Crippen molar-refractivity contribution in [3.8, 4) is 0 Å². The van der Waals surface area contributed by atoms with Gasteiger partial charge in [-0.25, -0.2) is 4.85 Å². The highest BCUT2D eigenvalue weighted by Gasteiger charge is 2.40. The van der Waals surface area contributed by atoms with Gasteiger partial charge in [-0.3, -0.25) is 4.79 Å². The van der Waals surface area contributed by atoms with Crippen molar-refractivity contribution in [1.82, 2.24) is 4.90 Å². The SMILES string of the molecule is [C-]#[N+]c1ccc([C@@H](CN2CCC[C@H](CC(=O)OCC)C2)O[Si](C)(C)C(C)(C)C)cc1. The molecular weight excluding hydrogens is 392 g/mol. The third-order valence-corrected chi connectivity index (χ3v) is 10.9. The van der Waals surface area contributed by atoms with E-state index in [2.05, 4.69) is 43.6 Å². The molecule has 1 heterocycles. The largest absolute Gasteiger partial charge is 0.466 e. The van der Waals surface area contributed by atoms with Crippen molar-refractivity contribution in [2.45, 2.75) is 71.2 Å². The first kappa shape index (κ1) is 24.6. The first-order valence-corrected chi connectivity index (χ1v) is 14.0. The number of piperidine rings is 1. The molecule has 0 aromatic heterocycles. The molecule has 1 saturated heterocycles. The van der Waals surface area contributed by atoms with Crippen LogP contribution in [0.1, 0.15) is 58.6 Å². The molecule has 0 unspecified atom stereocenters. The monoisotopic (exact) mass is 430 g/mol. The number of benzene rings is 1. The molecule has 2 atom stereocenters. The quantitative estimate of drug-likeness (QED) is 0.290. The molecule has 1 aromatic carbocycles. The van der Waals surface area contributed by atoms with Gasteiger partial charge in [-0.2, -0.15) is 0 Å². The average molecular weight is 431 g/mol. The van der Waals surface area contributed by atoms with Crippen molar-refractivity contribution in [1.29, 1.82) is 0 Å². The van der Waals surface area contributed by atoms with Crippen LogP contribution >= 0.6 is 0 Å². The predicted octanol–water partition coefficient (Wildman–Crippen LogP) is 5.97. The Morgan fingerprint density at radius 1 is 1.30 bits per heavy atom. The zero-order valence-corrected chi connectivity index (χ0v) is 20.5. The Labute approximate surface area is 183 Å². The molecule has 0 bridgehead atoms. The number of hydrogen-bond acceptors (Lipinski definition) is 4. The number of carbonyl (C=O) groups is 1. The molecule has 5 nitrogen and oxygen atoms in total. The highest BCUT2D eigenvalue weighted by Crippen LogP contribution is 2.40. The van der Waals surface area contributed by atoms with E-state index in [-0.39, 0.29) is 17.1 Å². The van der Waals surface area contributed by atoms with Crippen LogP contribution in [0.15, 0.2) is 24.3 Å². The number of rotatable bonds is 8. The molecule has 0 amide bonds. The molecule has 30 heavy (non-hydrogen) atoms. The fourth-order valence-electron chi connectivity index (χ4n) is 3.68. The number of esters is 1. The van der Waals surface area contributed by atoms with E-state index in [4.69, 9.17) is 15.7 Å². The molecule has 166 valence electrons. The standard InChI is InChI=1S/C24H38N2O3Si/c1-8-28-23(27)16-19-10-9-15-26(17-19)18-22(29-30(6,7)24(2,3)4)20-11-13-21(25-5)14-12-20/h11-14,19,22H,8-10,15-18H2,1-4,6-7H3/t19-,22-/m1/s1. The Kier molecular flexibility index (Phi) is 8.66. The first-order valence-electron chi connectivity index (χ1n) is 11.1. The average Bonchev–Trinajstić information content (AvgIpc) is 2.67. The van der Waals surface area contributed by atoms with Gasteiger partial charge < -0.3 is 14.1 Å². The number of likely N-dealkylation sites (tertiary alicyclic amines) is 1. The molecule has 1 aliphatic heterocycles. The van der Waals surface area contributed by atoms with E-state index in [9.17, 15) is 4.79 Å². The number of hydrogen-bond donors (Lipinski definition) is 0. The molecule has 0 radical (unpaired) electrons. The van der Waals surface area contributed by atoms with Crippen LogP contribution < -0.4 is 0 Å². The number of ether oxygens (including phenoxy) is 1. The molecule has 1 aliphatic rings. The minimum absolute atomic E-state index is 0.0352. The molecule has 0 aliphatic carbocycles. The molecule has 6 heteroatoms. The Morgan fingerprint density at radius 3 is 2.53 bits per heavy atom. The van der Waals surface area contributed by atoms with E-state index in [0.717, 1.165) is 38.0 Å². The van der Waals surface area contributed by atoms with Crippen LogP contribution in [-0.2, 0) is 14.0 Å². The van der Waals surface area contributed by atoms with E-state index < -0.39 is 8.32 Å². The van der Waals surface area contributed by atoms with Gasteiger partial charge in [-0.05, 0) is 55.9 Å². The van der Waals surface area contributed by atoms with Gasteiger partial charge in [0.25, 0.3) is 0 Å². The second-order valence-electron chi connectivity index (χ2n) is 9.85. The topological polar surface area (TPSA) is 43.1 Å². The summed E-state index contributed by atoms with van der Waals surface area (Å²) in [6.07, 6.45) is 2.63. The van der Waals surface area contributed by atoms with Crippen LogP contribution in [0.3, 0.4) is 0 Å². The summed E-state index contributed by atoms with van der Waals surface area (Å²) >= 11 is 0. The van der Waals surface area contributed by atoms with Gasteiger partial charge in [-0.1, -0.05) is 45.0 Å². The van der Waals surface area contributed by atoms with Gasteiger partial charge in [-0.15, -0.1) is 0 Å². The van der Waals surface area contributed by atoms with Crippen molar-refractivity contribution in [2.75, 3.05) is 26.2 Å². The summed E-state index contributed by atoms with van der Waals surface area (Å²) in [6, 6.07) is 7.82. The molecule has 1 fully saturated rings. The Balaban J connectivity index is 2.15. The zero-order chi connectivity index (χ0) is 22.4. The summed E-state index contributed by atoms with van der Waals surface area (Å²) in [5, 5.41) is 0.121. The van der Waals surface area contributed by atoms with Crippen LogP contribution in [0, 0.1) is 12.5 Å². The smallest absolute Gasteiger partial charge is 0.306 e. The Hall–Kier alpha value is -1.68. The van der Waals surface area contributed by atoms with Crippen molar-refractivity contribution < 1.29 is 14.0 Å². The summed E-state index contributed by atoms with van der Waals surface area (Å²) in [7, 11) is -1.97. The molecule has 0 N–H and O–H groups in total. The summed E-state index contributed by atoms with van der Waals surface area (Å²) in [6.45, 7) is 23.6. The lowest BCUT2D eigenvalue weighted by atomic mass is 9.94. The first-order chi connectivity index (χ1) is 14.1. The third-order valence-electron chi connectivity index (χ3n) is 6.42. The van der Waals surface area contributed by atoms with E-state index in [1.165, 1.54) is 0 Å². The van der Waals surface area contributed by atoms with E-state index in [0.29, 0.717) is 24.6 Å². The van der Waals surface area contributed by atoms with Gasteiger partial charge in [0, 0.05) is 19.5 Å². The Morgan fingerprint density at radius 2 is 1.97 bits per heavy atom. The summed E-state index contributed by atoms with van der Waals surface area (Å²) in [5.41, 5.74) is 1.78. The fourth-order valence-corrected chi connectivity index (χ4v) is 4.96. The molecule has 0 spiro atoms. The zero-order valence-electron chi connectivity index (χ0n) is 19.5. The lowest BCUT2D eigenvalue weighted by Gasteiger charge is -2.42. The highest BCUT2D eigenvalue weighted by molar-refractivity contribution is 6.74. The normalized spacial score (nSPS) is 19.2. The number of nitrogens with zero attached hydrogens (tertiary/aromatic N) is 2. The van der Waals surface area contributed by atoms with Gasteiger partial charge in [0.1, 0.15) is 0 Å². The lowest BCUT2D eigenvalue weighted by Crippen LogP contribution is -2.45. The minimum atomic E-state index is -1.97. The fraction of sp³-hybridized carbons (Fsp3) is 0.667. The van der Waals surface area contributed by atoms with Crippen LogP contribution in [0.4, 0.5) is 5.69 Å². The number of carbonyl (C=O) groups excluding carboxylic acids is 1. The maximum atomic E-state index is 11.9.